The van der Waals surface area contributed by atoms with Crippen LogP contribution in [-0.2, 0) is 4.79 Å². The first-order chi connectivity index (χ1) is 9.84. The van der Waals surface area contributed by atoms with Crippen LogP contribution in [0.25, 0.3) is 0 Å². The van der Waals surface area contributed by atoms with Crippen LogP contribution in [0, 0.1) is 5.92 Å². The first kappa shape index (κ1) is 13.4. The molecule has 108 valence electrons. The molecule has 2 aliphatic rings. The molecule has 0 radical (unpaired) electrons. The first-order valence-corrected chi connectivity index (χ1v) is 7.68. The quantitative estimate of drug-likeness (QED) is 0.884. The maximum Gasteiger partial charge on any atom is 0.227 e. The van der Waals surface area contributed by atoms with Crippen LogP contribution < -0.4 is 15.5 Å². The molecular formula is C16H23N3O. The number of rotatable bonds is 4. The maximum absolute atomic E-state index is 11.9. The van der Waals surface area contributed by atoms with Gasteiger partial charge in [0, 0.05) is 19.5 Å². The van der Waals surface area contributed by atoms with Gasteiger partial charge < -0.3 is 15.5 Å². The zero-order valence-corrected chi connectivity index (χ0v) is 11.9. The summed E-state index contributed by atoms with van der Waals surface area (Å²) in [5.74, 6) is 0.986. The number of anilines is 2. The second-order valence-corrected chi connectivity index (χ2v) is 5.74. The Morgan fingerprint density at radius 1 is 1.25 bits per heavy atom. The molecule has 2 N–H and O–H groups in total. The number of piperidine rings is 1. The van der Waals surface area contributed by atoms with Gasteiger partial charge in [-0.25, -0.2) is 0 Å². The number of hydrogen-bond acceptors (Lipinski definition) is 3. The lowest BCUT2D eigenvalue weighted by Gasteiger charge is -2.25. The average molecular weight is 273 g/mol. The van der Waals surface area contributed by atoms with Gasteiger partial charge in [0.2, 0.25) is 5.91 Å². The fourth-order valence-corrected chi connectivity index (χ4v) is 3.10. The van der Waals surface area contributed by atoms with Gasteiger partial charge >= 0.3 is 0 Å². The summed E-state index contributed by atoms with van der Waals surface area (Å²) in [6.45, 7) is 4.10. The third kappa shape index (κ3) is 2.96. The van der Waals surface area contributed by atoms with Gasteiger partial charge in [0.05, 0.1) is 11.4 Å². The zero-order chi connectivity index (χ0) is 13.8. The Kier molecular flexibility index (Phi) is 4.21. The summed E-state index contributed by atoms with van der Waals surface area (Å²) in [7, 11) is 0. The number of para-hydroxylation sites is 2. The lowest BCUT2D eigenvalue weighted by molar-refractivity contribution is -0.117. The molecule has 4 nitrogen and oxygen atoms in total. The lowest BCUT2D eigenvalue weighted by atomic mass is 9.98. The molecule has 3 rings (SSSR count). The van der Waals surface area contributed by atoms with E-state index in [9.17, 15) is 4.79 Å². The van der Waals surface area contributed by atoms with Crippen molar-refractivity contribution in [1.82, 2.24) is 5.32 Å². The predicted octanol–water partition coefficient (Wildman–Crippen LogP) is 2.22. The van der Waals surface area contributed by atoms with E-state index in [4.69, 9.17) is 0 Å². The highest BCUT2D eigenvalue weighted by Gasteiger charge is 2.23. The summed E-state index contributed by atoms with van der Waals surface area (Å²) in [6.07, 6.45) is 4.12. The Balaban J connectivity index is 1.67. The molecule has 1 aromatic rings. The van der Waals surface area contributed by atoms with Crippen molar-refractivity contribution >= 4 is 17.3 Å². The third-order valence-electron chi connectivity index (χ3n) is 4.31. The van der Waals surface area contributed by atoms with Crippen molar-refractivity contribution in [3.8, 4) is 0 Å². The Morgan fingerprint density at radius 3 is 2.80 bits per heavy atom. The van der Waals surface area contributed by atoms with Gasteiger partial charge in [-0.15, -0.1) is 0 Å². The molecule has 2 heterocycles. The second-order valence-electron chi connectivity index (χ2n) is 5.74. The van der Waals surface area contributed by atoms with Crippen LogP contribution in [0.3, 0.4) is 0 Å². The van der Waals surface area contributed by atoms with Gasteiger partial charge in [0.15, 0.2) is 0 Å². The number of benzene rings is 1. The van der Waals surface area contributed by atoms with Crippen LogP contribution in [0.2, 0.25) is 0 Å². The van der Waals surface area contributed by atoms with E-state index in [2.05, 4.69) is 16.7 Å². The standard InChI is InChI=1S/C16H23N3O/c20-16-6-3-11-19(16)15-5-2-1-4-14(15)18-12-13-7-9-17-10-8-13/h1-2,4-5,13,17-18H,3,6-12H2. The van der Waals surface area contributed by atoms with Crippen molar-refractivity contribution < 1.29 is 4.79 Å². The molecule has 0 aliphatic carbocycles. The van der Waals surface area contributed by atoms with Crippen LogP contribution in [0.5, 0.6) is 0 Å². The molecule has 0 atom stereocenters. The van der Waals surface area contributed by atoms with Crippen molar-refractivity contribution in [2.24, 2.45) is 5.92 Å². The highest BCUT2D eigenvalue weighted by Crippen LogP contribution is 2.29. The highest BCUT2D eigenvalue weighted by molar-refractivity contribution is 5.98. The minimum atomic E-state index is 0.251. The summed E-state index contributed by atoms with van der Waals surface area (Å²) in [5, 5.41) is 6.95. The van der Waals surface area contributed by atoms with Crippen LogP contribution >= 0.6 is 0 Å². The Hall–Kier alpha value is -1.55. The molecule has 2 saturated heterocycles. The number of nitrogens with one attached hydrogen (secondary N) is 2. The van der Waals surface area contributed by atoms with E-state index in [1.54, 1.807) is 0 Å². The smallest absolute Gasteiger partial charge is 0.227 e. The number of hydrogen-bond donors (Lipinski definition) is 2. The number of amides is 1. The summed E-state index contributed by atoms with van der Waals surface area (Å²) in [5.41, 5.74) is 2.14. The second kappa shape index (κ2) is 6.27. The van der Waals surface area contributed by atoms with E-state index in [-0.39, 0.29) is 5.91 Å². The lowest BCUT2D eigenvalue weighted by Crippen LogP contribution is -2.31. The fraction of sp³-hybridized carbons (Fsp3) is 0.562. The van der Waals surface area contributed by atoms with Gasteiger partial charge in [-0.1, -0.05) is 12.1 Å². The largest absolute Gasteiger partial charge is 0.383 e. The first-order valence-electron chi connectivity index (χ1n) is 7.68. The SMILES string of the molecule is O=C1CCCN1c1ccccc1NCC1CCNCC1. The number of carbonyl (C=O) groups is 1. The fourth-order valence-electron chi connectivity index (χ4n) is 3.10. The Bertz CT molecular complexity index is 469. The zero-order valence-electron chi connectivity index (χ0n) is 11.9. The van der Waals surface area contributed by atoms with Crippen molar-refractivity contribution in [1.29, 1.82) is 0 Å². The van der Waals surface area contributed by atoms with E-state index in [0.717, 1.165) is 49.9 Å². The predicted molar refractivity (Wildman–Crippen MR) is 82.1 cm³/mol. The molecule has 0 bridgehead atoms. The highest BCUT2D eigenvalue weighted by atomic mass is 16.2. The van der Waals surface area contributed by atoms with Gasteiger partial charge in [0.25, 0.3) is 0 Å². The van der Waals surface area contributed by atoms with E-state index in [1.807, 2.05) is 23.1 Å². The third-order valence-corrected chi connectivity index (χ3v) is 4.31. The summed E-state index contributed by atoms with van der Waals surface area (Å²) >= 11 is 0. The van der Waals surface area contributed by atoms with Crippen LogP contribution in [0.1, 0.15) is 25.7 Å². The molecule has 0 aromatic heterocycles. The van der Waals surface area contributed by atoms with Crippen molar-refractivity contribution in [2.75, 3.05) is 36.4 Å². The molecular weight excluding hydrogens is 250 g/mol. The topological polar surface area (TPSA) is 44.4 Å². The molecule has 1 amide bonds. The van der Waals surface area contributed by atoms with Crippen LogP contribution in [0.4, 0.5) is 11.4 Å². The van der Waals surface area contributed by atoms with E-state index >= 15 is 0 Å². The van der Waals surface area contributed by atoms with Crippen LogP contribution in [-0.4, -0.2) is 32.1 Å². The Morgan fingerprint density at radius 2 is 2.05 bits per heavy atom. The van der Waals surface area contributed by atoms with Gasteiger partial charge in [-0.2, -0.15) is 0 Å². The Labute approximate surface area is 120 Å². The minimum absolute atomic E-state index is 0.251. The number of carbonyl (C=O) groups excluding carboxylic acids is 1. The van der Waals surface area contributed by atoms with Crippen molar-refractivity contribution in [3.05, 3.63) is 24.3 Å². The summed E-state index contributed by atoms with van der Waals surface area (Å²) in [6, 6.07) is 8.18. The van der Waals surface area contributed by atoms with E-state index in [0.29, 0.717) is 6.42 Å². The number of nitrogens with zero attached hydrogens (tertiary/aromatic N) is 1. The molecule has 0 spiro atoms. The van der Waals surface area contributed by atoms with E-state index < -0.39 is 0 Å². The van der Waals surface area contributed by atoms with Gasteiger partial charge in [0.1, 0.15) is 0 Å². The minimum Gasteiger partial charge on any atom is -0.383 e. The van der Waals surface area contributed by atoms with Gasteiger partial charge in [-0.05, 0) is 50.4 Å². The molecule has 1 aromatic carbocycles. The molecule has 0 unspecified atom stereocenters. The monoisotopic (exact) mass is 273 g/mol. The van der Waals surface area contributed by atoms with Crippen LogP contribution in [0.15, 0.2) is 24.3 Å². The molecule has 4 heteroatoms. The molecule has 20 heavy (non-hydrogen) atoms. The summed E-state index contributed by atoms with van der Waals surface area (Å²) < 4.78 is 0. The van der Waals surface area contributed by atoms with E-state index in [1.165, 1.54) is 12.8 Å². The van der Waals surface area contributed by atoms with Crippen molar-refractivity contribution in [3.63, 3.8) is 0 Å². The molecule has 0 saturated carbocycles. The maximum atomic E-state index is 11.9. The summed E-state index contributed by atoms with van der Waals surface area (Å²) in [4.78, 5) is 13.8. The molecule has 2 aliphatic heterocycles. The van der Waals surface area contributed by atoms with Crippen molar-refractivity contribution in [2.45, 2.75) is 25.7 Å². The normalized spacial score (nSPS) is 20.4. The molecule has 2 fully saturated rings. The van der Waals surface area contributed by atoms with Gasteiger partial charge in [-0.3, -0.25) is 4.79 Å². The average Bonchev–Trinajstić information content (AvgIpc) is 2.92.